The average molecular weight is 251 g/mol. The zero-order valence-corrected chi connectivity index (χ0v) is 12.0. The third kappa shape index (κ3) is 80.9. The fraction of sp³-hybridized carbons (Fsp3) is 1.00. The maximum absolute atomic E-state index is 8.55. The Bertz CT molecular complexity index is 105. The first-order chi connectivity index (χ1) is 4.27. The van der Waals surface area contributed by atoms with Gasteiger partial charge in [0, 0.05) is 0 Å². The number of rotatable bonds is 1. The van der Waals surface area contributed by atoms with E-state index in [0.29, 0.717) is 0 Å². The van der Waals surface area contributed by atoms with Crippen LogP contribution in [0.15, 0.2) is 0 Å². The molecular formula is C3H8Ca2O6P+. The molecule has 64 valence electrons. The topological polar surface area (TPSA) is 127 Å². The molecule has 0 spiro atoms. The van der Waals surface area contributed by atoms with Crippen molar-refractivity contribution in [2.75, 3.05) is 6.61 Å². The molecule has 0 aliphatic rings. The van der Waals surface area contributed by atoms with Crippen LogP contribution in [0.2, 0.25) is 0 Å². The van der Waals surface area contributed by atoms with Crippen LogP contribution in [0, 0.1) is 0 Å². The SMILES string of the molecule is CC(O)CO.O=P([O-])([O-])[O-].[Ca+2].[Ca+2]. The Kier molecular flexibility index (Phi) is 27.1. The van der Waals surface area contributed by atoms with E-state index in [9.17, 15) is 0 Å². The number of aliphatic hydroxyl groups excluding tert-OH is 2. The minimum absolute atomic E-state index is 0. The second kappa shape index (κ2) is 13.5. The van der Waals surface area contributed by atoms with Gasteiger partial charge in [-0.2, -0.15) is 7.82 Å². The molecule has 0 radical (unpaired) electrons. The fourth-order valence-electron chi connectivity index (χ4n) is 0. The van der Waals surface area contributed by atoms with Crippen molar-refractivity contribution >= 4 is 83.3 Å². The number of hydrogen-bond donors (Lipinski definition) is 2. The molecule has 0 aliphatic carbocycles. The van der Waals surface area contributed by atoms with E-state index in [-0.39, 0.29) is 82.1 Å². The molecule has 0 aromatic carbocycles. The molecule has 0 aliphatic heterocycles. The van der Waals surface area contributed by atoms with Crippen molar-refractivity contribution in [3.8, 4) is 0 Å². The molecule has 0 heterocycles. The molecule has 1 unspecified atom stereocenters. The van der Waals surface area contributed by atoms with Crippen molar-refractivity contribution in [3.05, 3.63) is 0 Å². The van der Waals surface area contributed by atoms with Gasteiger partial charge in [-0.3, -0.25) is 0 Å². The predicted molar refractivity (Wildman–Crippen MR) is 37.9 cm³/mol. The van der Waals surface area contributed by atoms with Crippen LogP contribution in [0.5, 0.6) is 0 Å². The van der Waals surface area contributed by atoms with Crippen LogP contribution in [0.1, 0.15) is 6.92 Å². The molecule has 0 saturated heterocycles. The van der Waals surface area contributed by atoms with E-state index >= 15 is 0 Å². The monoisotopic (exact) mass is 251 g/mol. The van der Waals surface area contributed by atoms with Crippen LogP contribution >= 0.6 is 7.82 Å². The minimum Gasteiger partial charge on any atom is -0.822 e. The first kappa shape index (κ1) is 24.0. The van der Waals surface area contributed by atoms with Crippen molar-refractivity contribution in [3.63, 3.8) is 0 Å². The third-order valence-corrected chi connectivity index (χ3v) is 0.264. The zero-order chi connectivity index (χ0) is 8.78. The smallest absolute Gasteiger partial charge is 0.822 e. The summed E-state index contributed by atoms with van der Waals surface area (Å²) in [5.74, 6) is 0. The molecule has 2 N–H and O–H groups in total. The summed E-state index contributed by atoms with van der Waals surface area (Å²) in [4.78, 5) is 25.6. The van der Waals surface area contributed by atoms with Gasteiger partial charge in [0.1, 0.15) is 0 Å². The average Bonchev–Trinajstić information content (AvgIpc) is 1.61. The summed E-state index contributed by atoms with van der Waals surface area (Å²) in [7, 11) is -5.39. The zero-order valence-electron chi connectivity index (χ0n) is 6.67. The number of hydrogen-bond acceptors (Lipinski definition) is 6. The van der Waals surface area contributed by atoms with Gasteiger partial charge in [0.25, 0.3) is 0 Å². The Morgan fingerprint density at radius 3 is 1.42 bits per heavy atom. The van der Waals surface area contributed by atoms with Crippen molar-refractivity contribution < 1.29 is 29.5 Å². The van der Waals surface area contributed by atoms with Gasteiger partial charge in [0.15, 0.2) is 0 Å². The Balaban J connectivity index is -0.0000000457. The van der Waals surface area contributed by atoms with Gasteiger partial charge in [0.05, 0.1) is 12.7 Å². The summed E-state index contributed by atoms with van der Waals surface area (Å²) >= 11 is 0. The first-order valence-corrected chi connectivity index (χ1v) is 3.75. The van der Waals surface area contributed by atoms with Crippen LogP contribution in [-0.4, -0.2) is 98.4 Å². The van der Waals surface area contributed by atoms with E-state index in [1.807, 2.05) is 0 Å². The molecule has 0 aromatic heterocycles. The third-order valence-electron chi connectivity index (χ3n) is 0.264. The van der Waals surface area contributed by atoms with Gasteiger partial charge < -0.3 is 29.5 Å². The molecule has 9 heteroatoms. The summed E-state index contributed by atoms with van der Waals surface area (Å²) < 4.78 is 8.55. The van der Waals surface area contributed by atoms with Gasteiger partial charge in [-0.05, 0) is 6.92 Å². The normalized spacial score (nSPS) is 11.2. The summed E-state index contributed by atoms with van der Waals surface area (Å²) in [6, 6.07) is 0. The van der Waals surface area contributed by atoms with E-state index in [0.717, 1.165) is 0 Å². The van der Waals surface area contributed by atoms with Gasteiger partial charge in [0.2, 0.25) is 0 Å². The standard InChI is InChI=1S/C3H8O2.2Ca.H3O4P/c1-3(5)2-4;;;1-5(2,3)4/h3-5H,2H2,1H3;;;(H3,1,2,3,4)/q;2*+2;/p-3. The van der Waals surface area contributed by atoms with Gasteiger partial charge in [-0.25, -0.2) is 0 Å². The van der Waals surface area contributed by atoms with Crippen LogP contribution in [-0.2, 0) is 4.57 Å². The fourth-order valence-corrected chi connectivity index (χ4v) is 0. The van der Waals surface area contributed by atoms with Crippen molar-refractivity contribution in [1.29, 1.82) is 0 Å². The van der Waals surface area contributed by atoms with E-state index in [1.54, 1.807) is 0 Å². The van der Waals surface area contributed by atoms with Crippen molar-refractivity contribution in [2.24, 2.45) is 0 Å². The molecule has 6 nitrogen and oxygen atoms in total. The van der Waals surface area contributed by atoms with Crippen LogP contribution in [0.25, 0.3) is 0 Å². The summed E-state index contributed by atoms with van der Waals surface area (Å²) in [5.41, 5.74) is 0. The summed E-state index contributed by atoms with van der Waals surface area (Å²) in [6.45, 7) is 1.39. The molecule has 0 bridgehead atoms. The minimum atomic E-state index is -5.39. The number of phosphoric acid groups is 1. The largest absolute Gasteiger partial charge is 2.00 e. The van der Waals surface area contributed by atoms with Gasteiger partial charge in [-0.15, -0.1) is 0 Å². The molecule has 12 heavy (non-hydrogen) atoms. The van der Waals surface area contributed by atoms with Crippen LogP contribution in [0.4, 0.5) is 0 Å². The first-order valence-electron chi connectivity index (χ1n) is 2.29. The molecule has 1 atom stereocenters. The Hall–Kier alpha value is 2.55. The van der Waals surface area contributed by atoms with Gasteiger partial charge in [-0.1, -0.05) is 0 Å². The maximum Gasteiger partial charge on any atom is 2.00 e. The van der Waals surface area contributed by atoms with E-state index in [1.165, 1.54) is 6.92 Å². The van der Waals surface area contributed by atoms with E-state index in [2.05, 4.69) is 0 Å². The second-order valence-electron chi connectivity index (χ2n) is 1.48. The van der Waals surface area contributed by atoms with E-state index < -0.39 is 13.9 Å². The summed E-state index contributed by atoms with van der Waals surface area (Å²) in [6.07, 6.45) is -0.560. The molecule has 0 fully saturated rings. The molecule has 0 aromatic rings. The van der Waals surface area contributed by atoms with Crippen molar-refractivity contribution in [2.45, 2.75) is 13.0 Å². The quantitative estimate of drug-likeness (QED) is 0.359. The molecule has 0 amide bonds. The molecule has 0 rings (SSSR count). The predicted octanol–water partition coefficient (Wildman–Crippen LogP) is -4.23. The van der Waals surface area contributed by atoms with Crippen LogP contribution in [0.3, 0.4) is 0 Å². The van der Waals surface area contributed by atoms with Crippen molar-refractivity contribution in [1.82, 2.24) is 0 Å². The Morgan fingerprint density at radius 2 is 1.42 bits per heavy atom. The molecular weight excluding hydrogens is 243 g/mol. The maximum atomic E-state index is 8.55. The Labute approximate surface area is 130 Å². The van der Waals surface area contributed by atoms with Gasteiger partial charge >= 0.3 is 75.5 Å². The Morgan fingerprint density at radius 1 is 1.33 bits per heavy atom. The van der Waals surface area contributed by atoms with Crippen LogP contribution < -0.4 is 14.7 Å². The summed E-state index contributed by atoms with van der Waals surface area (Å²) in [5, 5.41) is 16.0. The number of aliphatic hydroxyl groups is 2. The molecule has 0 saturated carbocycles. The van der Waals surface area contributed by atoms with E-state index in [4.69, 9.17) is 29.5 Å². The second-order valence-corrected chi connectivity index (χ2v) is 2.37.